The molecule has 0 fully saturated rings. The number of carbonyl (C=O) groups is 2. The number of hydrogen-bond acceptors (Lipinski definition) is 6. The lowest BCUT2D eigenvalue weighted by atomic mass is 10.0. The van der Waals surface area contributed by atoms with E-state index in [-0.39, 0.29) is 31.0 Å². The fraction of sp³-hybridized carbons (Fsp3) is 0.391. The second-order valence-electron chi connectivity index (χ2n) is 7.04. The van der Waals surface area contributed by atoms with Crippen molar-refractivity contribution in [2.75, 3.05) is 26.8 Å². The molecule has 0 saturated carbocycles. The molecule has 0 heterocycles. The Kier molecular flexibility index (Phi) is 9.36. The summed E-state index contributed by atoms with van der Waals surface area (Å²) in [5, 5.41) is 2.62. The van der Waals surface area contributed by atoms with Crippen molar-refractivity contribution < 1.29 is 31.9 Å². The number of methoxy groups -OCH3 is 1. The van der Waals surface area contributed by atoms with Gasteiger partial charge in [-0.1, -0.05) is 26.0 Å². The molecular weight excluding hydrogens is 451 g/mol. The smallest absolute Gasteiger partial charge is 0.308 e. The zero-order valence-electron chi connectivity index (χ0n) is 19.1. The Morgan fingerprint density at radius 1 is 1.09 bits per heavy atom. The second-order valence-corrected chi connectivity index (χ2v) is 8.98. The predicted molar refractivity (Wildman–Crippen MR) is 121 cm³/mol. The van der Waals surface area contributed by atoms with Crippen LogP contribution in [0.2, 0.25) is 0 Å². The van der Waals surface area contributed by atoms with Gasteiger partial charge in [-0.15, -0.1) is 0 Å². The van der Waals surface area contributed by atoms with Crippen LogP contribution in [-0.2, 0) is 19.6 Å². The van der Waals surface area contributed by atoms with Gasteiger partial charge in [0.05, 0.1) is 36.6 Å². The van der Waals surface area contributed by atoms with Crippen molar-refractivity contribution >= 4 is 21.9 Å². The van der Waals surface area contributed by atoms with Gasteiger partial charge >= 0.3 is 5.97 Å². The van der Waals surface area contributed by atoms with E-state index in [4.69, 9.17) is 9.47 Å². The zero-order valence-corrected chi connectivity index (χ0v) is 19.9. The largest absolute Gasteiger partial charge is 0.497 e. The molecule has 1 atom stereocenters. The number of nitrogens with one attached hydrogen (secondary N) is 1. The first-order valence-corrected chi connectivity index (χ1v) is 12.0. The summed E-state index contributed by atoms with van der Waals surface area (Å²) in [6.45, 7) is 5.66. The number of esters is 1. The summed E-state index contributed by atoms with van der Waals surface area (Å²) in [5.41, 5.74) is 0.100. The van der Waals surface area contributed by atoms with E-state index in [9.17, 15) is 22.4 Å². The molecule has 0 spiro atoms. The number of amides is 1. The molecule has 10 heteroatoms. The summed E-state index contributed by atoms with van der Waals surface area (Å²) in [5.74, 6) is -1.79. The predicted octanol–water partition coefficient (Wildman–Crippen LogP) is 3.29. The van der Waals surface area contributed by atoms with E-state index in [0.29, 0.717) is 11.3 Å². The van der Waals surface area contributed by atoms with Crippen molar-refractivity contribution in [2.45, 2.75) is 38.1 Å². The minimum atomic E-state index is -3.89. The van der Waals surface area contributed by atoms with Crippen LogP contribution in [0.4, 0.5) is 4.39 Å². The van der Waals surface area contributed by atoms with Crippen LogP contribution in [0.15, 0.2) is 47.4 Å². The highest BCUT2D eigenvalue weighted by atomic mass is 32.2. The van der Waals surface area contributed by atoms with E-state index in [1.165, 1.54) is 11.4 Å². The number of nitrogens with zero attached hydrogens (tertiary/aromatic N) is 1. The van der Waals surface area contributed by atoms with Gasteiger partial charge in [0.2, 0.25) is 10.0 Å². The van der Waals surface area contributed by atoms with Crippen LogP contribution in [0.3, 0.4) is 0 Å². The van der Waals surface area contributed by atoms with Crippen LogP contribution in [0.1, 0.15) is 49.2 Å². The Labute approximate surface area is 193 Å². The Morgan fingerprint density at radius 2 is 1.79 bits per heavy atom. The molecule has 0 aromatic heterocycles. The van der Waals surface area contributed by atoms with Crippen molar-refractivity contribution in [2.24, 2.45) is 0 Å². The van der Waals surface area contributed by atoms with Crippen molar-refractivity contribution in [3.8, 4) is 5.75 Å². The lowest BCUT2D eigenvalue weighted by Crippen LogP contribution is -2.32. The van der Waals surface area contributed by atoms with E-state index in [1.54, 1.807) is 45.0 Å². The SMILES string of the molecule is CCOC(=O)CC(NC(=O)c1cc(S(=O)(=O)N(CC)CC)ccc1F)c1cccc(OC)c1. The summed E-state index contributed by atoms with van der Waals surface area (Å²) in [7, 11) is -2.41. The molecule has 0 saturated heterocycles. The molecule has 1 N–H and O–H groups in total. The van der Waals surface area contributed by atoms with E-state index < -0.39 is 39.3 Å². The molecule has 1 unspecified atom stereocenters. The Morgan fingerprint density at radius 3 is 2.39 bits per heavy atom. The maximum atomic E-state index is 14.5. The normalized spacial score (nSPS) is 12.3. The van der Waals surface area contributed by atoms with Crippen molar-refractivity contribution in [1.82, 2.24) is 9.62 Å². The van der Waals surface area contributed by atoms with Crippen LogP contribution < -0.4 is 10.1 Å². The van der Waals surface area contributed by atoms with E-state index in [1.807, 2.05) is 0 Å². The highest BCUT2D eigenvalue weighted by Gasteiger charge is 2.26. The Hall–Kier alpha value is -2.98. The Balaban J connectivity index is 2.41. The zero-order chi connectivity index (χ0) is 24.6. The van der Waals surface area contributed by atoms with E-state index in [2.05, 4.69) is 5.32 Å². The molecule has 0 aliphatic carbocycles. The van der Waals surface area contributed by atoms with E-state index in [0.717, 1.165) is 18.2 Å². The summed E-state index contributed by atoms with van der Waals surface area (Å²) in [6, 6.07) is 8.94. The van der Waals surface area contributed by atoms with Gasteiger partial charge in [0.15, 0.2) is 0 Å². The standard InChI is InChI=1S/C23H29FN2O6S/c1-5-26(6-2)33(29,30)18-11-12-20(24)19(14-18)23(28)25-21(15-22(27)32-7-3)16-9-8-10-17(13-16)31-4/h8-14,21H,5-7,15H2,1-4H3,(H,25,28). The number of hydrogen-bond donors (Lipinski definition) is 1. The highest BCUT2D eigenvalue weighted by Crippen LogP contribution is 2.24. The number of carbonyl (C=O) groups excluding carboxylic acids is 2. The lowest BCUT2D eigenvalue weighted by Gasteiger charge is -2.21. The average molecular weight is 481 g/mol. The summed E-state index contributed by atoms with van der Waals surface area (Å²) >= 11 is 0. The molecule has 180 valence electrons. The van der Waals surface area contributed by atoms with Gasteiger partial charge in [0, 0.05) is 13.1 Å². The van der Waals surface area contributed by atoms with Gasteiger partial charge in [0.25, 0.3) is 5.91 Å². The topological polar surface area (TPSA) is 102 Å². The van der Waals surface area contributed by atoms with Gasteiger partial charge in [-0.2, -0.15) is 4.31 Å². The molecule has 2 rings (SSSR count). The first kappa shape index (κ1) is 26.3. The van der Waals surface area contributed by atoms with Crippen LogP contribution in [0.25, 0.3) is 0 Å². The number of halogens is 1. The lowest BCUT2D eigenvalue weighted by molar-refractivity contribution is -0.143. The summed E-state index contributed by atoms with van der Waals surface area (Å²) in [4.78, 5) is 24.9. The molecule has 0 aliphatic heterocycles. The molecule has 0 radical (unpaired) electrons. The van der Waals surface area contributed by atoms with Gasteiger partial charge in [-0.05, 0) is 42.8 Å². The molecular formula is C23H29FN2O6S. The first-order chi connectivity index (χ1) is 15.7. The van der Waals surface area contributed by atoms with Crippen molar-refractivity contribution in [3.63, 3.8) is 0 Å². The third-order valence-electron chi connectivity index (χ3n) is 5.00. The second kappa shape index (κ2) is 11.8. The average Bonchev–Trinajstić information content (AvgIpc) is 2.79. The molecule has 1 amide bonds. The Bertz CT molecular complexity index is 1090. The number of ether oxygens (including phenoxy) is 2. The number of benzene rings is 2. The molecule has 2 aromatic carbocycles. The minimum Gasteiger partial charge on any atom is -0.497 e. The summed E-state index contributed by atoms with van der Waals surface area (Å²) in [6.07, 6.45) is -0.203. The van der Waals surface area contributed by atoms with Gasteiger partial charge in [-0.25, -0.2) is 12.8 Å². The third kappa shape index (κ3) is 6.52. The van der Waals surface area contributed by atoms with Gasteiger partial charge in [-0.3, -0.25) is 9.59 Å². The minimum absolute atomic E-state index is 0.164. The van der Waals surface area contributed by atoms with Crippen molar-refractivity contribution in [3.05, 3.63) is 59.4 Å². The fourth-order valence-electron chi connectivity index (χ4n) is 3.28. The molecule has 8 nitrogen and oxygen atoms in total. The quantitative estimate of drug-likeness (QED) is 0.495. The van der Waals surface area contributed by atoms with Gasteiger partial charge < -0.3 is 14.8 Å². The monoisotopic (exact) mass is 480 g/mol. The third-order valence-corrected chi connectivity index (χ3v) is 7.05. The maximum Gasteiger partial charge on any atom is 0.308 e. The molecule has 2 aromatic rings. The molecule has 33 heavy (non-hydrogen) atoms. The number of sulfonamides is 1. The van der Waals surface area contributed by atoms with E-state index >= 15 is 0 Å². The van der Waals surface area contributed by atoms with Gasteiger partial charge in [0.1, 0.15) is 11.6 Å². The first-order valence-electron chi connectivity index (χ1n) is 10.6. The molecule has 0 bridgehead atoms. The van der Waals surface area contributed by atoms with Crippen LogP contribution >= 0.6 is 0 Å². The van der Waals surface area contributed by atoms with Crippen LogP contribution in [-0.4, -0.2) is 51.4 Å². The van der Waals surface area contributed by atoms with Crippen molar-refractivity contribution in [1.29, 1.82) is 0 Å². The maximum absolute atomic E-state index is 14.5. The number of rotatable bonds is 11. The molecule has 0 aliphatic rings. The fourth-order valence-corrected chi connectivity index (χ4v) is 4.77. The summed E-state index contributed by atoms with van der Waals surface area (Å²) < 4.78 is 51.6. The van der Waals surface area contributed by atoms with Crippen LogP contribution in [0.5, 0.6) is 5.75 Å². The van der Waals surface area contributed by atoms with Crippen LogP contribution in [0, 0.1) is 5.82 Å². The highest BCUT2D eigenvalue weighted by molar-refractivity contribution is 7.89.